The van der Waals surface area contributed by atoms with Gasteiger partial charge in [0.05, 0.1) is 11.7 Å². The van der Waals surface area contributed by atoms with Gasteiger partial charge in [-0.15, -0.1) is 0 Å². The van der Waals surface area contributed by atoms with Crippen LogP contribution in [-0.2, 0) is 6.54 Å². The molecule has 4 rings (SSSR count). The number of hydrogen-bond donors (Lipinski definition) is 1. The predicted octanol–water partition coefficient (Wildman–Crippen LogP) is 4.83. The first-order valence-electron chi connectivity index (χ1n) is 8.61. The molecule has 1 aliphatic heterocycles. The Labute approximate surface area is 148 Å². The van der Waals surface area contributed by atoms with Crippen LogP contribution in [0.2, 0.25) is 0 Å². The molecule has 25 heavy (non-hydrogen) atoms. The number of aliphatic imine (C=N–C) groups is 1. The van der Waals surface area contributed by atoms with Crippen LogP contribution in [0, 0.1) is 0 Å². The van der Waals surface area contributed by atoms with Gasteiger partial charge in [-0.2, -0.15) is 0 Å². The molecule has 1 aliphatic rings. The van der Waals surface area contributed by atoms with Gasteiger partial charge < -0.3 is 10.6 Å². The van der Waals surface area contributed by atoms with E-state index >= 15 is 0 Å². The third-order valence-corrected chi connectivity index (χ3v) is 4.61. The second-order valence-electron chi connectivity index (χ2n) is 6.23. The van der Waals surface area contributed by atoms with Gasteiger partial charge in [0.2, 0.25) is 0 Å². The molecule has 1 unspecified atom stereocenters. The summed E-state index contributed by atoms with van der Waals surface area (Å²) in [4.78, 5) is 7.18. The van der Waals surface area contributed by atoms with Crippen molar-refractivity contribution in [3.8, 4) is 0 Å². The quantitative estimate of drug-likeness (QED) is 0.746. The maximum absolute atomic E-state index is 5.72. The molecule has 0 aromatic heterocycles. The molecule has 0 bridgehead atoms. The Morgan fingerprint density at radius 1 is 0.840 bits per heavy atom. The van der Waals surface area contributed by atoms with Crippen LogP contribution in [0.1, 0.15) is 23.6 Å². The molecular weight excluding hydrogens is 306 g/mol. The highest BCUT2D eigenvalue weighted by Gasteiger charge is 2.36. The van der Waals surface area contributed by atoms with Crippen LogP contribution in [-0.4, -0.2) is 5.84 Å². The van der Waals surface area contributed by atoms with Gasteiger partial charge in [0, 0.05) is 18.7 Å². The second-order valence-corrected chi connectivity index (χ2v) is 6.23. The van der Waals surface area contributed by atoms with Crippen molar-refractivity contribution in [2.45, 2.75) is 19.0 Å². The van der Waals surface area contributed by atoms with E-state index in [1.54, 1.807) is 0 Å². The standard InChI is InChI=1S/C22H21N3/c23-16-17-11-13-18(14-12-17)21-15-22(24-19-7-3-1-4-8-19)25(21)20-9-5-2-6-10-20/h1-14,21H,15-16,23H2/b24-22+. The summed E-state index contributed by atoms with van der Waals surface area (Å²) in [6, 6.07) is 29.5. The van der Waals surface area contributed by atoms with Gasteiger partial charge in [-0.25, -0.2) is 4.99 Å². The molecule has 3 aromatic rings. The van der Waals surface area contributed by atoms with Gasteiger partial charge in [-0.1, -0.05) is 60.7 Å². The number of para-hydroxylation sites is 2. The van der Waals surface area contributed by atoms with Gasteiger partial charge in [-0.05, 0) is 35.4 Å². The van der Waals surface area contributed by atoms with Crippen molar-refractivity contribution < 1.29 is 0 Å². The fraction of sp³-hybridized carbons (Fsp3) is 0.136. The lowest BCUT2D eigenvalue weighted by molar-refractivity contribution is 0.652. The van der Waals surface area contributed by atoms with E-state index in [4.69, 9.17) is 10.7 Å². The van der Waals surface area contributed by atoms with Crippen LogP contribution in [0.5, 0.6) is 0 Å². The Morgan fingerprint density at radius 2 is 1.48 bits per heavy atom. The Bertz CT molecular complexity index is 855. The lowest BCUT2D eigenvalue weighted by Gasteiger charge is -2.44. The van der Waals surface area contributed by atoms with E-state index in [0.717, 1.165) is 23.5 Å². The molecule has 0 spiro atoms. The summed E-state index contributed by atoms with van der Waals surface area (Å²) in [7, 11) is 0. The van der Waals surface area contributed by atoms with E-state index in [2.05, 4.69) is 53.4 Å². The molecule has 2 N–H and O–H groups in total. The first-order valence-corrected chi connectivity index (χ1v) is 8.61. The van der Waals surface area contributed by atoms with Crippen LogP contribution in [0.3, 0.4) is 0 Å². The normalized spacial score (nSPS) is 18.2. The lowest BCUT2D eigenvalue weighted by atomic mass is 9.91. The topological polar surface area (TPSA) is 41.6 Å². The summed E-state index contributed by atoms with van der Waals surface area (Å²) >= 11 is 0. The van der Waals surface area contributed by atoms with E-state index in [1.165, 1.54) is 11.3 Å². The van der Waals surface area contributed by atoms with Crippen LogP contribution >= 0.6 is 0 Å². The Kier molecular flexibility index (Phi) is 4.32. The van der Waals surface area contributed by atoms with E-state index in [1.807, 2.05) is 36.4 Å². The maximum atomic E-state index is 5.72. The molecule has 3 nitrogen and oxygen atoms in total. The van der Waals surface area contributed by atoms with Gasteiger partial charge in [0.25, 0.3) is 0 Å². The fourth-order valence-electron chi connectivity index (χ4n) is 3.24. The first-order chi connectivity index (χ1) is 12.3. The highest BCUT2D eigenvalue weighted by Crippen LogP contribution is 2.40. The first kappa shape index (κ1) is 15.6. The second kappa shape index (κ2) is 6.91. The number of amidine groups is 1. The fourth-order valence-corrected chi connectivity index (χ4v) is 3.24. The highest BCUT2D eigenvalue weighted by molar-refractivity contribution is 6.06. The number of benzene rings is 3. The number of nitrogens with zero attached hydrogens (tertiary/aromatic N) is 2. The monoisotopic (exact) mass is 327 g/mol. The van der Waals surface area contributed by atoms with Crippen molar-refractivity contribution in [1.29, 1.82) is 0 Å². The van der Waals surface area contributed by atoms with Gasteiger partial charge in [0.15, 0.2) is 0 Å². The van der Waals surface area contributed by atoms with Crippen molar-refractivity contribution >= 4 is 17.2 Å². The van der Waals surface area contributed by atoms with E-state index < -0.39 is 0 Å². The summed E-state index contributed by atoms with van der Waals surface area (Å²) < 4.78 is 0. The molecule has 3 aromatic carbocycles. The van der Waals surface area contributed by atoms with E-state index in [0.29, 0.717) is 12.6 Å². The molecule has 0 aliphatic carbocycles. The number of rotatable bonds is 4. The average molecular weight is 327 g/mol. The molecular formula is C22H21N3. The van der Waals surface area contributed by atoms with Crippen molar-refractivity contribution in [3.63, 3.8) is 0 Å². The minimum atomic E-state index is 0.316. The minimum absolute atomic E-state index is 0.316. The van der Waals surface area contributed by atoms with Crippen molar-refractivity contribution in [1.82, 2.24) is 0 Å². The highest BCUT2D eigenvalue weighted by atomic mass is 15.3. The Balaban J connectivity index is 1.67. The Hall–Kier alpha value is -2.91. The molecule has 0 amide bonds. The molecule has 1 atom stereocenters. The number of hydrogen-bond acceptors (Lipinski definition) is 2. The van der Waals surface area contributed by atoms with Gasteiger partial charge >= 0.3 is 0 Å². The predicted molar refractivity (Wildman–Crippen MR) is 104 cm³/mol. The zero-order valence-corrected chi connectivity index (χ0v) is 14.0. The third-order valence-electron chi connectivity index (χ3n) is 4.61. The van der Waals surface area contributed by atoms with Crippen LogP contribution in [0.25, 0.3) is 0 Å². The minimum Gasteiger partial charge on any atom is -0.326 e. The molecule has 124 valence electrons. The van der Waals surface area contributed by atoms with Crippen molar-refractivity contribution in [3.05, 3.63) is 96.1 Å². The summed E-state index contributed by atoms with van der Waals surface area (Å²) in [5.74, 6) is 1.10. The molecule has 1 saturated heterocycles. The third kappa shape index (κ3) is 3.19. The number of nitrogens with two attached hydrogens (primary N) is 1. The molecule has 1 heterocycles. The van der Waals surface area contributed by atoms with Crippen LogP contribution in [0.4, 0.5) is 11.4 Å². The van der Waals surface area contributed by atoms with Crippen molar-refractivity contribution in [2.75, 3.05) is 4.90 Å². The average Bonchev–Trinajstić information content (AvgIpc) is 2.67. The van der Waals surface area contributed by atoms with Gasteiger partial charge in [-0.3, -0.25) is 0 Å². The number of anilines is 1. The van der Waals surface area contributed by atoms with Gasteiger partial charge in [0.1, 0.15) is 5.84 Å². The summed E-state index contributed by atoms with van der Waals surface area (Å²) in [5.41, 5.74) is 10.4. The molecule has 0 saturated carbocycles. The Morgan fingerprint density at radius 3 is 2.12 bits per heavy atom. The molecule has 1 fully saturated rings. The maximum Gasteiger partial charge on any atom is 0.112 e. The van der Waals surface area contributed by atoms with Crippen molar-refractivity contribution in [2.24, 2.45) is 10.7 Å². The zero-order chi connectivity index (χ0) is 17.1. The van der Waals surface area contributed by atoms with Crippen LogP contribution < -0.4 is 10.6 Å². The molecule has 3 heteroatoms. The van der Waals surface area contributed by atoms with E-state index in [-0.39, 0.29) is 0 Å². The molecule has 0 radical (unpaired) electrons. The van der Waals surface area contributed by atoms with Crippen LogP contribution in [0.15, 0.2) is 89.9 Å². The zero-order valence-electron chi connectivity index (χ0n) is 14.0. The summed E-state index contributed by atoms with van der Waals surface area (Å²) in [6.07, 6.45) is 0.936. The SMILES string of the molecule is NCc1ccc(C2C/C(=N\c3ccccc3)N2c2ccccc2)cc1. The smallest absolute Gasteiger partial charge is 0.112 e. The van der Waals surface area contributed by atoms with E-state index in [9.17, 15) is 0 Å². The lowest BCUT2D eigenvalue weighted by Crippen LogP contribution is -2.46. The summed E-state index contributed by atoms with van der Waals surface area (Å²) in [5, 5.41) is 0. The largest absolute Gasteiger partial charge is 0.326 e. The summed E-state index contributed by atoms with van der Waals surface area (Å²) in [6.45, 7) is 0.577.